The third kappa shape index (κ3) is 6.66. The molecule has 4 N–H and O–H groups in total. The molecule has 4 heterocycles. The first kappa shape index (κ1) is 32.0. The highest BCUT2D eigenvalue weighted by Crippen LogP contribution is 2.43. The number of carbonyl (C=O) groups is 1. The average molecular weight is 656 g/mol. The largest absolute Gasteiger partial charge is 0.494 e. The second kappa shape index (κ2) is 12.4. The number of anilines is 2. The number of halogens is 4. The van der Waals surface area contributed by atoms with Crippen molar-refractivity contribution in [1.29, 1.82) is 0 Å². The summed E-state index contributed by atoms with van der Waals surface area (Å²) >= 11 is 0. The molecule has 2 aromatic carbocycles. The number of aromatic nitrogens is 4. The fraction of sp³-hybridized carbons (Fsp3) is 0.375. The maximum atomic E-state index is 14.8. The summed E-state index contributed by atoms with van der Waals surface area (Å²) < 4.78 is 70.9. The van der Waals surface area contributed by atoms with Crippen molar-refractivity contribution in [1.82, 2.24) is 25.1 Å². The Morgan fingerprint density at radius 1 is 1.11 bits per heavy atom. The van der Waals surface area contributed by atoms with Gasteiger partial charge in [0, 0.05) is 37.5 Å². The van der Waals surface area contributed by atoms with E-state index in [-0.39, 0.29) is 34.2 Å². The fourth-order valence-electron chi connectivity index (χ4n) is 6.30. The van der Waals surface area contributed by atoms with E-state index >= 15 is 0 Å². The van der Waals surface area contributed by atoms with Crippen molar-refractivity contribution >= 4 is 17.7 Å². The number of alkyl halides is 3. The Labute approximate surface area is 267 Å². The molecule has 0 bridgehead atoms. The van der Waals surface area contributed by atoms with Crippen molar-refractivity contribution in [3.8, 4) is 28.4 Å². The normalized spacial score (nSPS) is 18.3. The van der Waals surface area contributed by atoms with Crippen LogP contribution in [0, 0.1) is 18.2 Å². The molecule has 2 fully saturated rings. The van der Waals surface area contributed by atoms with Crippen LogP contribution in [-0.4, -0.2) is 69.8 Å². The minimum Gasteiger partial charge on any atom is -0.494 e. The molecule has 11 nitrogen and oxygen atoms in total. The van der Waals surface area contributed by atoms with Crippen LogP contribution in [0.4, 0.5) is 29.3 Å². The number of nitrogens with one attached hydrogen (secondary N) is 1. The Hall–Kier alpha value is -4.92. The van der Waals surface area contributed by atoms with Crippen LogP contribution in [0.15, 0.2) is 54.7 Å². The topological polar surface area (TPSA) is 141 Å². The van der Waals surface area contributed by atoms with E-state index in [0.717, 1.165) is 0 Å². The van der Waals surface area contributed by atoms with E-state index in [0.29, 0.717) is 61.5 Å². The number of nitrogens with zero attached hydrogens (tertiary/aromatic N) is 5. The first-order chi connectivity index (χ1) is 22.3. The van der Waals surface area contributed by atoms with Crippen molar-refractivity contribution < 1.29 is 36.9 Å². The van der Waals surface area contributed by atoms with Crippen LogP contribution in [0.25, 0.3) is 16.8 Å². The molecule has 1 spiro atoms. The standard InChI is InChI=1S/C32H33F4N7O4/c1-18-7-10-43(41-18)24-14-20(19-4-6-25(46-2)22(33)13-19)3-5-21(24)28(32(34,35)36)47-27-15-26(39-30(37)40-27)42-11-8-31(9-12-42)16-23(29(44)45)38-17-31/h3-7,10,13-15,23,28,38H,8-9,11-12,16-17H2,1-2H3,(H,44,45)(H2,37,39,40)/t23?,28-/m1/s1. The summed E-state index contributed by atoms with van der Waals surface area (Å²) in [6, 6.07) is 10.9. The molecule has 2 aliphatic rings. The average Bonchev–Trinajstić information content (AvgIpc) is 3.66. The molecule has 0 amide bonds. The van der Waals surface area contributed by atoms with Gasteiger partial charge in [-0.3, -0.25) is 4.79 Å². The number of aliphatic carboxylic acids is 1. The SMILES string of the molecule is COc1ccc(-c2ccc([C@@H](Oc3cc(N4CCC5(CC4)CNC(C(=O)O)C5)nc(N)n3)C(F)(F)F)c(-n3ccc(C)n3)c2)cc1F. The van der Waals surface area contributed by atoms with E-state index in [9.17, 15) is 27.5 Å². The van der Waals surface area contributed by atoms with Gasteiger partial charge in [-0.25, -0.2) is 9.07 Å². The molecular weight excluding hydrogens is 622 g/mol. The number of aryl methyl sites for hydroxylation is 1. The number of nitrogens with two attached hydrogens (primary N) is 1. The lowest BCUT2D eigenvalue weighted by Gasteiger charge is -2.39. The second-order valence-electron chi connectivity index (χ2n) is 11.9. The third-order valence-corrected chi connectivity index (χ3v) is 8.82. The molecule has 0 radical (unpaired) electrons. The maximum absolute atomic E-state index is 14.8. The molecule has 2 aliphatic heterocycles. The zero-order valence-electron chi connectivity index (χ0n) is 25.6. The summed E-state index contributed by atoms with van der Waals surface area (Å²) in [5.74, 6) is -1.78. The van der Waals surface area contributed by atoms with Crippen LogP contribution in [0.5, 0.6) is 11.6 Å². The van der Waals surface area contributed by atoms with E-state index < -0.39 is 30.1 Å². The van der Waals surface area contributed by atoms with Gasteiger partial charge in [0.2, 0.25) is 17.9 Å². The molecular formula is C32H33F4N7O4. The molecule has 2 aromatic heterocycles. The monoisotopic (exact) mass is 655 g/mol. The zero-order chi connectivity index (χ0) is 33.5. The highest BCUT2D eigenvalue weighted by Gasteiger charge is 2.46. The highest BCUT2D eigenvalue weighted by atomic mass is 19.4. The molecule has 15 heteroatoms. The number of hydrogen-bond donors (Lipinski definition) is 3. The molecule has 47 heavy (non-hydrogen) atoms. The van der Waals surface area contributed by atoms with Crippen LogP contribution in [0.3, 0.4) is 0 Å². The van der Waals surface area contributed by atoms with Crippen LogP contribution in [0.1, 0.15) is 36.6 Å². The van der Waals surface area contributed by atoms with E-state index in [1.807, 2.05) is 4.90 Å². The first-order valence-corrected chi connectivity index (χ1v) is 14.9. The predicted molar refractivity (Wildman–Crippen MR) is 164 cm³/mol. The van der Waals surface area contributed by atoms with Crippen molar-refractivity contribution in [2.24, 2.45) is 5.41 Å². The van der Waals surface area contributed by atoms with E-state index in [4.69, 9.17) is 15.2 Å². The molecule has 248 valence electrons. The summed E-state index contributed by atoms with van der Waals surface area (Å²) in [7, 11) is 1.34. The van der Waals surface area contributed by atoms with E-state index in [1.54, 1.807) is 19.1 Å². The Balaban J connectivity index is 1.31. The lowest BCUT2D eigenvalue weighted by Crippen LogP contribution is -2.41. The smallest absolute Gasteiger partial charge is 0.429 e. The molecule has 0 aliphatic carbocycles. The summed E-state index contributed by atoms with van der Waals surface area (Å²) in [5, 5.41) is 16.8. The summed E-state index contributed by atoms with van der Waals surface area (Å²) in [6.45, 7) is 3.29. The van der Waals surface area contributed by atoms with Gasteiger partial charge in [0.15, 0.2) is 11.6 Å². The molecule has 4 aromatic rings. The summed E-state index contributed by atoms with van der Waals surface area (Å²) in [4.78, 5) is 21.6. The summed E-state index contributed by atoms with van der Waals surface area (Å²) in [5.41, 5.74) is 7.05. The lowest BCUT2D eigenvalue weighted by atomic mass is 9.76. The minimum atomic E-state index is -4.89. The van der Waals surface area contributed by atoms with Crippen molar-refractivity contribution in [3.63, 3.8) is 0 Å². The van der Waals surface area contributed by atoms with Gasteiger partial charge in [-0.05, 0) is 67.0 Å². The number of piperidine rings is 1. The van der Waals surface area contributed by atoms with E-state index in [1.165, 1.54) is 54.4 Å². The number of ether oxygens (including phenoxy) is 2. The fourth-order valence-corrected chi connectivity index (χ4v) is 6.30. The van der Waals surface area contributed by atoms with Crippen LogP contribution in [-0.2, 0) is 4.79 Å². The number of rotatable bonds is 8. The predicted octanol–water partition coefficient (Wildman–Crippen LogP) is 5.08. The second-order valence-corrected chi connectivity index (χ2v) is 11.9. The Morgan fingerprint density at radius 2 is 1.83 bits per heavy atom. The van der Waals surface area contributed by atoms with Gasteiger partial charge in [0.05, 0.1) is 18.5 Å². The number of nitrogen functional groups attached to an aromatic ring is 1. The van der Waals surface area contributed by atoms with Gasteiger partial charge in [0.1, 0.15) is 11.9 Å². The lowest BCUT2D eigenvalue weighted by molar-refractivity contribution is -0.198. The Bertz CT molecular complexity index is 1790. The molecule has 6 rings (SSSR count). The van der Waals surface area contributed by atoms with Crippen LogP contribution in [0.2, 0.25) is 0 Å². The quantitative estimate of drug-likeness (QED) is 0.220. The maximum Gasteiger partial charge on any atom is 0.429 e. The van der Waals surface area contributed by atoms with Gasteiger partial charge in [-0.15, -0.1) is 0 Å². The van der Waals surface area contributed by atoms with Gasteiger partial charge in [-0.1, -0.05) is 18.2 Å². The van der Waals surface area contributed by atoms with Gasteiger partial charge in [-0.2, -0.15) is 28.2 Å². The van der Waals surface area contributed by atoms with Gasteiger partial charge >= 0.3 is 12.1 Å². The Kier molecular flexibility index (Phi) is 8.42. The number of methoxy groups -OCH3 is 1. The van der Waals surface area contributed by atoms with Crippen molar-refractivity contribution in [2.75, 3.05) is 37.4 Å². The molecule has 1 unspecified atom stereocenters. The minimum absolute atomic E-state index is 0.0359. The Morgan fingerprint density at radius 3 is 2.45 bits per heavy atom. The van der Waals surface area contributed by atoms with Crippen molar-refractivity contribution in [3.05, 3.63) is 71.8 Å². The number of hydrogen-bond acceptors (Lipinski definition) is 9. The van der Waals surface area contributed by atoms with Crippen LogP contribution >= 0.6 is 0 Å². The first-order valence-electron chi connectivity index (χ1n) is 14.9. The number of carboxylic acids is 1. The van der Waals surface area contributed by atoms with Gasteiger partial charge in [0.25, 0.3) is 0 Å². The number of carboxylic acid groups (broad SMARTS) is 1. The number of benzene rings is 2. The zero-order valence-corrected chi connectivity index (χ0v) is 25.6. The highest BCUT2D eigenvalue weighted by molar-refractivity contribution is 5.74. The van der Waals surface area contributed by atoms with Gasteiger partial charge < -0.3 is 30.5 Å². The summed E-state index contributed by atoms with van der Waals surface area (Å²) in [6.07, 6.45) is -3.99. The van der Waals surface area contributed by atoms with E-state index in [2.05, 4.69) is 20.4 Å². The third-order valence-electron chi connectivity index (χ3n) is 8.82. The molecule has 2 saturated heterocycles. The van der Waals surface area contributed by atoms with Crippen molar-refractivity contribution in [2.45, 2.75) is 44.5 Å². The molecule has 0 saturated carbocycles. The molecule has 2 atom stereocenters. The van der Waals surface area contributed by atoms with Crippen LogP contribution < -0.4 is 25.4 Å².